The van der Waals surface area contributed by atoms with Crippen LogP contribution in [0.25, 0.3) is 0 Å². The number of aliphatic hydroxyl groups excluding tert-OH is 1. The van der Waals surface area contributed by atoms with E-state index in [-0.39, 0.29) is 11.5 Å². The van der Waals surface area contributed by atoms with Gasteiger partial charge in [-0.3, -0.25) is 4.90 Å². The Labute approximate surface area is 98.8 Å². The highest BCUT2D eigenvalue weighted by Crippen LogP contribution is 2.39. The standard InChI is InChI=1S/C13H25NO2/c1-13(2)7-6-11(12(13)15)14(3)9-10-5-4-8-16-10/h10-12,15H,4-9H2,1-3H3. The van der Waals surface area contributed by atoms with Gasteiger partial charge in [0.05, 0.1) is 12.2 Å². The molecule has 1 aliphatic heterocycles. The first-order valence-electron chi connectivity index (χ1n) is 6.50. The highest BCUT2D eigenvalue weighted by Gasteiger charge is 2.42. The molecule has 0 aromatic heterocycles. The number of rotatable bonds is 3. The Morgan fingerprint density at radius 3 is 2.62 bits per heavy atom. The summed E-state index contributed by atoms with van der Waals surface area (Å²) < 4.78 is 5.65. The number of aliphatic hydroxyl groups is 1. The van der Waals surface area contributed by atoms with E-state index in [4.69, 9.17) is 4.74 Å². The van der Waals surface area contributed by atoms with Crippen LogP contribution in [0.2, 0.25) is 0 Å². The van der Waals surface area contributed by atoms with E-state index in [0.29, 0.717) is 12.1 Å². The van der Waals surface area contributed by atoms with Crippen molar-refractivity contribution < 1.29 is 9.84 Å². The van der Waals surface area contributed by atoms with Gasteiger partial charge in [-0.15, -0.1) is 0 Å². The van der Waals surface area contributed by atoms with Gasteiger partial charge >= 0.3 is 0 Å². The molecule has 3 atom stereocenters. The third kappa shape index (κ3) is 2.41. The molecule has 0 bridgehead atoms. The van der Waals surface area contributed by atoms with Crippen molar-refractivity contribution in [3.8, 4) is 0 Å². The number of hydrogen-bond acceptors (Lipinski definition) is 3. The summed E-state index contributed by atoms with van der Waals surface area (Å²) >= 11 is 0. The minimum Gasteiger partial charge on any atom is -0.391 e. The average molecular weight is 227 g/mol. The zero-order valence-electron chi connectivity index (χ0n) is 10.8. The highest BCUT2D eigenvalue weighted by atomic mass is 16.5. The lowest BCUT2D eigenvalue weighted by Crippen LogP contribution is -2.44. The van der Waals surface area contributed by atoms with Crippen molar-refractivity contribution in [2.24, 2.45) is 5.41 Å². The molecule has 0 aromatic carbocycles. The summed E-state index contributed by atoms with van der Waals surface area (Å²) in [6.45, 7) is 6.21. The van der Waals surface area contributed by atoms with Crippen LogP contribution < -0.4 is 0 Å². The quantitative estimate of drug-likeness (QED) is 0.795. The molecular weight excluding hydrogens is 202 g/mol. The van der Waals surface area contributed by atoms with Crippen LogP contribution in [-0.2, 0) is 4.74 Å². The predicted molar refractivity (Wildman–Crippen MR) is 64.4 cm³/mol. The molecule has 0 spiro atoms. The molecule has 94 valence electrons. The van der Waals surface area contributed by atoms with Crippen LogP contribution >= 0.6 is 0 Å². The zero-order chi connectivity index (χ0) is 11.8. The lowest BCUT2D eigenvalue weighted by molar-refractivity contribution is 0.00339. The zero-order valence-corrected chi connectivity index (χ0v) is 10.8. The number of ether oxygens (including phenoxy) is 1. The van der Waals surface area contributed by atoms with Gasteiger partial charge in [0.1, 0.15) is 0 Å². The third-order valence-electron chi connectivity index (χ3n) is 4.33. The summed E-state index contributed by atoms with van der Waals surface area (Å²) in [5.74, 6) is 0. The van der Waals surface area contributed by atoms with E-state index in [0.717, 1.165) is 26.0 Å². The molecule has 0 aromatic rings. The minimum absolute atomic E-state index is 0.0788. The molecule has 2 aliphatic rings. The van der Waals surface area contributed by atoms with Gasteiger partial charge in [-0.2, -0.15) is 0 Å². The van der Waals surface area contributed by atoms with Crippen molar-refractivity contribution in [1.82, 2.24) is 4.90 Å². The Kier molecular flexibility index (Phi) is 3.57. The van der Waals surface area contributed by atoms with Crippen molar-refractivity contribution >= 4 is 0 Å². The van der Waals surface area contributed by atoms with Crippen LogP contribution in [0.3, 0.4) is 0 Å². The van der Waals surface area contributed by atoms with Gasteiger partial charge in [-0.25, -0.2) is 0 Å². The third-order valence-corrected chi connectivity index (χ3v) is 4.33. The molecule has 1 saturated heterocycles. The highest BCUT2D eigenvalue weighted by molar-refractivity contribution is 4.96. The average Bonchev–Trinajstić information content (AvgIpc) is 2.77. The second kappa shape index (κ2) is 4.63. The van der Waals surface area contributed by atoms with E-state index in [1.165, 1.54) is 12.8 Å². The molecule has 1 heterocycles. The fourth-order valence-electron chi connectivity index (χ4n) is 3.05. The first kappa shape index (κ1) is 12.3. The SMILES string of the molecule is CN(CC1CCCO1)C1CCC(C)(C)C1O. The number of hydrogen-bond donors (Lipinski definition) is 1. The number of nitrogens with zero attached hydrogens (tertiary/aromatic N) is 1. The summed E-state index contributed by atoms with van der Waals surface area (Å²) in [6, 6.07) is 0.319. The molecule has 0 radical (unpaired) electrons. The van der Waals surface area contributed by atoms with Crippen LogP contribution in [0.4, 0.5) is 0 Å². The van der Waals surface area contributed by atoms with Gasteiger partial charge in [0.25, 0.3) is 0 Å². The maximum absolute atomic E-state index is 10.3. The lowest BCUT2D eigenvalue weighted by Gasteiger charge is -2.32. The fraction of sp³-hybridized carbons (Fsp3) is 1.00. The van der Waals surface area contributed by atoms with E-state index in [1.807, 2.05) is 0 Å². The summed E-state index contributed by atoms with van der Waals surface area (Å²) in [7, 11) is 2.12. The summed E-state index contributed by atoms with van der Waals surface area (Å²) in [6.07, 6.45) is 4.79. The molecule has 0 amide bonds. The predicted octanol–water partition coefficient (Wildman–Crippen LogP) is 1.65. The Bertz CT molecular complexity index is 236. The Morgan fingerprint density at radius 1 is 1.38 bits per heavy atom. The maximum atomic E-state index is 10.3. The van der Waals surface area contributed by atoms with E-state index >= 15 is 0 Å². The summed E-state index contributed by atoms with van der Waals surface area (Å²) in [5.41, 5.74) is 0.0788. The van der Waals surface area contributed by atoms with Gasteiger partial charge in [-0.1, -0.05) is 13.8 Å². The first-order chi connectivity index (χ1) is 7.50. The Balaban J connectivity index is 1.87. The molecule has 3 heteroatoms. The van der Waals surface area contributed by atoms with Gasteiger partial charge in [0, 0.05) is 19.2 Å². The van der Waals surface area contributed by atoms with Crippen molar-refractivity contribution in [2.45, 2.75) is 57.8 Å². The lowest BCUT2D eigenvalue weighted by atomic mass is 9.88. The molecule has 1 saturated carbocycles. The molecule has 1 aliphatic carbocycles. The van der Waals surface area contributed by atoms with E-state index in [1.54, 1.807) is 0 Å². The smallest absolute Gasteiger partial charge is 0.0746 e. The van der Waals surface area contributed by atoms with Crippen molar-refractivity contribution in [3.63, 3.8) is 0 Å². The fourth-order valence-corrected chi connectivity index (χ4v) is 3.05. The van der Waals surface area contributed by atoms with Gasteiger partial charge in [0.2, 0.25) is 0 Å². The van der Waals surface area contributed by atoms with Crippen LogP contribution in [0.1, 0.15) is 39.5 Å². The van der Waals surface area contributed by atoms with Crippen molar-refractivity contribution in [3.05, 3.63) is 0 Å². The molecule has 16 heavy (non-hydrogen) atoms. The monoisotopic (exact) mass is 227 g/mol. The van der Waals surface area contributed by atoms with Gasteiger partial charge in [0.15, 0.2) is 0 Å². The van der Waals surface area contributed by atoms with Gasteiger partial charge in [-0.05, 0) is 38.1 Å². The van der Waals surface area contributed by atoms with E-state index < -0.39 is 0 Å². The Morgan fingerprint density at radius 2 is 2.12 bits per heavy atom. The molecule has 2 fully saturated rings. The molecule has 3 nitrogen and oxygen atoms in total. The van der Waals surface area contributed by atoms with Crippen LogP contribution in [-0.4, -0.2) is 48.5 Å². The second-order valence-electron chi connectivity index (χ2n) is 6.11. The minimum atomic E-state index is -0.195. The van der Waals surface area contributed by atoms with E-state index in [9.17, 15) is 5.11 Å². The van der Waals surface area contributed by atoms with E-state index in [2.05, 4.69) is 25.8 Å². The first-order valence-corrected chi connectivity index (χ1v) is 6.50. The van der Waals surface area contributed by atoms with Crippen LogP contribution in [0, 0.1) is 5.41 Å². The largest absolute Gasteiger partial charge is 0.391 e. The molecule has 1 N–H and O–H groups in total. The molecule has 3 unspecified atom stereocenters. The van der Waals surface area contributed by atoms with Crippen LogP contribution in [0.5, 0.6) is 0 Å². The topological polar surface area (TPSA) is 32.7 Å². The summed E-state index contributed by atoms with van der Waals surface area (Å²) in [4.78, 5) is 2.30. The normalized spacial score (nSPS) is 38.4. The number of likely N-dealkylation sites (N-methyl/N-ethyl adjacent to an activating group) is 1. The van der Waals surface area contributed by atoms with Crippen LogP contribution in [0.15, 0.2) is 0 Å². The molecule has 2 rings (SSSR count). The Hall–Kier alpha value is -0.120. The maximum Gasteiger partial charge on any atom is 0.0746 e. The van der Waals surface area contributed by atoms with Crippen molar-refractivity contribution in [1.29, 1.82) is 0 Å². The van der Waals surface area contributed by atoms with Gasteiger partial charge < -0.3 is 9.84 Å². The second-order valence-corrected chi connectivity index (χ2v) is 6.11. The van der Waals surface area contributed by atoms with Crippen molar-refractivity contribution in [2.75, 3.05) is 20.2 Å². The molecular formula is C13H25NO2. The summed E-state index contributed by atoms with van der Waals surface area (Å²) in [5, 5.41) is 10.3.